The van der Waals surface area contributed by atoms with Crippen molar-refractivity contribution in [1.82, 2.24) is 0 Å². The van der Waals surface area contributed by atoms with Crippen molar-refractivity contribution in [2.75, 3.05) is 0 Å². The minimum Gasteiger partial charge on any atom is -0.490 e. The molecule has 20 heavy (non-hydrogen) atoms. The summed E-state index contributed by atoms with van der Waals surface area (Å²) in [7, 11) is 0. The Kier molecular flexibility index (Phi) is 7.02. The standard InChI is InChI=1S/C17H22O2.H2O/c1-2-15(18)9-5-7-14-8-6-12-17(13-14)19-16-10-3-4-11-16;/h2,6,8,12-13,16H,1,3-5,7,9-11H2;1H2. The third kappa shape index (κ3) is 5.17. The maximum Gasteiger partial charge on any atom is 0.155 e. The van der Waals surface area contributed by atoms with Gasteiger partial charge in [0, 0.05) is 6.42 Å². The largest absolute Gasteiger partial charge is 0.490 e. The van der Waals surface area contributed by atoms with Gasteiger partial charge >= 0.3 is 0 Å². The predicted octanol–water partition coefficient (Wildman–Crippen LogP) is 3.26. The summed E-state index contributed by atoms with van der Waals surface area (Å²) >= 11 is 0. The molecule has 0 atom stereocenters. The van der Waals surface area contributed by atoms with E-state index >= 15 is 0 Å². The van der Waals surface area contributed by atoms with Gasteiger partial charge in [-0.15, -0.1) is 0 Å². The van der Waals surface area contributed by atoms with E-state index in [9.17, 15) is 4.79 Å². The van der Waals surface area contributed by atoms with Crippen molar-refractivity contribution >= 4 is 5.78 Å². The van der Waals surface area contributed by atoms with E-state index < -0.39 is 0 Å². The van der Waals surface area contributed by atoms with Gasteiger partial charge in [0.1, 0.15) is 5.75 Å². The summed E-state index contributed by atoms with van der Waals surface area (Å²) in [6, 6.07) is 8.27. The molecule has 0 spiro atoms. The van der Waals surface area contributed by atoms with Crippen LogP contribution in [-0.2, 0) is 11.2 Å². The molecular weight excluding hydrogens is 252 g/mol. The van der Waals surface area contributed by atoms with Crippen LogP contribution in [0.25, 0.3) is 0 Å². The summed E-state index contributed by atoms with van der Waals surface area (Å²) in [6.07, 6.45) is 9.10. The first kappa shape index (κ1) is 16.4. The summed E-state index contributed by atoms with van der Waals surface area (Å²) < 4.78 is 5.98. The van der Waals surface area contributed by atoms with Crippen LogP contribution in [0.2, 0.25) is 0 Å². The molecule has 0 aromatic heterocycles. The molecule has 0 aliphatic heterocycles. The van der Waals surface area contributed by atoms with Crippen LogP contribution in [0.5, 0.6) is 5.75 Å². The van der Waals surface area contributed by atoms with E-state index in [1.807, 2.05) is 12.1 Å². The van der Waals surface area contributed by atoms with E-state index in [0.717, 1.165) is 18.6 Å². The smallest absolute Gasteiger partial charge is 0.155 e. The molecular formula is C17H24O3. The third-order valence-electron chi connectivity index (χ3n) is 3.62. The second-order valence-corrected chi connectivity index (χ2v) is 5.20. The van der Waals surface area contributed by atoms with Gasteiger partial charge in [-0.1, -0.05) is 18.7 Å². The zero-order valence-corrected chi connectivity index (χ0v) is 11.9. The molecule has 1 aliphatic carbocycles. The fourth-order valence-electron chi connectivity index (χ4n) is 2.54. The highest BCUT2D eigenvalue weighted by Gasteiger charge is 2.16. The molecule has 3 heteroatoms. The zero-order chi connectivity index (χ0) is 13.5. The first-order valence-corrected chi connectivity index (χ1v) is 7.19. The topological polar surface area (TPSA) is 57.8 Å². The van der Waals surface area contributed by atoms with Crippen molar-refractivity contribution in [2.24, 2.45) is 0 Å². The minimum absolute atomic E-state index is 0. The Labute approximate surface area is 121 Å². The van der Waals surface area contributed by atoms with Crippen LogP contribution in [0, 0.1) is 0 Å². The predicted molar refractivity (Wildman–Crippen MR) is 81.1 cm³/mol. The van der Waals surface area contributed by atoms with E-state index in [4.69, 9.17) is 4.74 Å². The lowest BCUT2D eigenvalue weighted by Gasteiger charge is -2.13. The molecule has 110 valence electrons. The van der Waals surface area contributed by atoms with Crippen LogP contribution in [0.4, 0.5) is 0 Å². The fourth-order valence-corrected chi connectivity index (χ4v) is 2.54. The number of hydrogen-bond acceptors (Lipinski definition) is 2. The molecule has 0 unspecified atom stereocenters. The quantitative estimate of drug-likeness (QED) is 0.718. The summed E-state index contributed by atoms with van der Waals surface area (Å²) in [5, 5.41) is 0. The van der Waals surface area contributed by atoms with Crippen LogP contribution < -0.4 is 4.74 Å². The van der Waals surface area contributed by atoms with Gasteiger partial charge in [0.2, 0.25) is 0 Å². The number of allylic oxidation sites excluding steroid dienone is 1. The van der Waals surface area contributed by atoms with Crippen LogP contribution in [0.1, 0.15) is 44.1 Å². The molecule has 0 bridgehead atoms. The lowest BCUT2D eigenvalue weighted by atomic mass is 10.1. The Hall–Kier alpha value is -1.61. The molecule has 1 fully saturated rings. The first-order chi connectivity index (χ1) is 9.28. The van der Waals surface area contributed by atoms with E-state index in [-0.39, 0.29) is 11.3 Å². The summed E-state index contributed by atoms with van der Waals surface area (Å²) in [5.41, 5.74) is 1.24. The van der Waals surface area contributed by atoms with Gasteiger partial charge in [0.15, 0.2) is 5.78 Å². The summed E-state index contributed by atoms with van der Waals surface area (Å²) in [4.78, 5) is 11.2. The molecule has 2 N–H and O–H groups in total. The normalized spacial score (nSPS) is 14.6. The maximum atomic E-state index is 11.2. The fraction of sp³-hybridized carbons (Fsp3) is 0.471. The highest BCUT2D eigenvalue weighted by Crippen LogP contribution is 2.24. The molecule has 1 aliphatic rings. The van der Waals surface area contributed by atoms with Crippen LogP contribution in [0.3, 0.4) is 0 Å². The Morgan fingerprint density at radius 1 is 1.35 bits per heavy atom. The number of ether oxygens (including phenoxy) is 1. The lowest BCUT2D eigenvalue weighted by molar-refractivity contribution is -0.114. The highest BCUT2D eigenvalue weighted by molar-refractivity contribution is 5.88. The van der Waals surface area contributed by atoms with Gasteiger partial charge in [0.25, 0.3) is 0 Å². The molecule has 0 radical (unpaired) electrons. The molecule has 1 aromatic carbocycles. The lowest BCUT2D eigenvalue weighted by Crippen LogP contribution is -2.10. The molecule has 2 rings (SSSR count). The van der Waals surface area contributed by atoms with Gasteiger partial charge in [-0.3, -0.25) is 4.79 Å². The average Bonchev–Trinajstić information content (AvgIpc) is 2.92. The van der Waals surface area contributed by atoms with Crippen molar-refractivity contribution in [3.63, 3.8) is 0 Å². The van der Waals surface area contributed by atoms with Crippen molar-refractivity contribution in [1.29, 1.82) is 0 Å². The van der Waals surface area contributed by atoms with Crippen LogP contribution in [0.15, 0.2) is 36.9 Å². The Balaban J connectivity index is 0.00000200. The van der Waals surface area contributed by atoms with Crippen molar-refractivity contribution < 1.29 is 15.0 Å². The number of ketones is 1. The number of carbonyl (C=O) groups excluding carboxylic acids is 1. The van der Waals surface area contributed by atoms with Gasteiger partial charge in [-0.2, -0.15) is 0 Å². The van der Waals surface area contributed by atoms with Crippen molar-refractivity contribution in [3.8, 4) is 5.75 Å². The second-order valence-electron chi connectivity index (χ2n) is 5.20. The second kappa shape index (κ2) is 8.54. The van der Waals surface area contributed by atoms with Crippen molar-refractivity contribution in [3.05, 3.63) is 42.5 Å². The van der Waals surface area contributed by atoms with E-state index in [1.54, 1.807) is 0 Å². The average molecular weight is 276 g/mol. The molecule has 1 saturated carbocycles. The van der Waals surface area contributed by atoms with Gasteiger partial charge < -0.3 is 10.2 Å². The number of hydrogen-bond donors (Lipinski definition) is 0. The molecule has 0 heterocycles. The number of carbonyl (C=O) groups is 1. The Bertz CT molecular complexity index is 434. The van der Waals surface area contributed by atoms with E-state index in [2.05, 4.69) is 18.7 Å². The number of benzene rings is 1. The third-order valence-corrected chi connectivity index (χ3v) is 3.62. The molecule has 0 amide bonds. The van der Waals surface area contributed by atoms with Gasteiger partial charge in [-0.05, 0) is 62.3 Å². The number of aryl methyl sites for hydroxylation is 1. The van der Waals surface area contributed by atoms with Crippen LogP contribution >= 0.6 is 0 Å². The first-order valence-electron chi connectivity index (χ1n) is 7.19. The van der Waals surface area contributed by atoms with Crippen LogP contribution in [-0.4, -0.2) is 17.4 Å². The minimum atomic E-state index is 0. The zero-order valence-electron chi connectivity index (χ0n) is 11.9. The highest BCUT2D eigenvalue weighted by atomic mass is 16.5. The summed E-state index contributed by atoms with van der Waals surface area (Å²) in [5.74, 6) is 1.10. The summed E-state index contributed by atoms with van der Waals surface area (Å²) in [6.45, 7) is 3.49. The molecule has 0 saturated heterocycles. The Morgan fingerprint density at radius 2 is 2.10 bits per heavy atom. The maximum absolute atomic E-state index is 11.2. The van der Waals surface area contributed by atoms with Gasteiger partial charge in [-0.25, -0.2) is 0 Å². The molecule has 3 nitrogen and oxygen atoms in total. The van der Waals surface area contributed by atoms with E-state index in [0.29, 0.717) is 12.5 Å². The molecule has 1 aromatic rings. The number of rotatable bonds is 7. The van der Waals surface area contributed by atoms with Gasteiger partial charge in [0.05, 0.1) is 6.10 Å². The Morgan fingerprint density at radius 3 is 2.80 bits per heavy atom. The monoisotopic (exact) mass is 276 g/mol. The SMILES string of the molecule is C=CC(=O)CCCc1cccc(OC2CCCC2)c1.O. The van der Waals surface area contributed by atoms with E-state index in [1.165, 1.54) is 37.3 Å². The van der Waals surface area contributed by atoms with Crippen molar-refractivity contribution in [2.45, 2.75) is 51.0 Å².